The molecule has 2 aromatic carbocycles. The largest absolute Gasteiger partial charge is 0.240 e. The zero-order chi connectivity index (χ0) is 12.8. The Hall–Kier alpha value is -2.62. The average Bonchev–Trinajstić information content (AvgIpc) is 2.40. The molecule has 86 valence electrons. The molecular weight excluding hydrogens is 222 g/mol. The highest BCUT2D eigenvalue weighted by atomic mass is 16.1. The number of isocyanates is 1. The topological polar surface area (TPSA) is 29.4 Å². The van der Waals surface area contributed by atoms with Crippen molar-refractivity contribution in [3.05, 3.63) is 65.2 Å². The van der Waals surface area contributed by atoms with Gasteiger partial charge in [0.25, 0.3) is 0 Å². The van der Waals surface area contributed by atoms with Gasteiger partial charge in [-0.15, -0.1) is 0 Å². The van der Waals surface area contributed by atoms with Crippen LogP contribution < -0.4 is 0 Å². The van der Waals surface area contributed by atoms with Gasteiger partial charge in [-0.2, -0.15) is 4.99 Å². The van der Waals surface area contributed by atoms with Crippen LogP contribution in [0.3, 0.4) is 0 Å². The molecule has 0 saturated heterocycles. The molecule has 0 aromatic heterocycles. The van der Waals surface area contributed by atoms with Gasteiger partial charge in [0.1, 0.15) is 0 Å². The number of aliphatic imine (C=N–C) groups is 1. The molecule has 2 rings (SSSR count). The second-order valence-corrected chi connectivity index (χ2v) is 3.84. The van der Waals surface area contributed by atoms with Crippen molar-refractivity contribution in [3.8, 4) is 11.8 Å². The van der Waals surface area contributed by atoms with E-state index < -0.39 is 0 Å². The number of aryl methyl sites for hydroxylation is 1. The van der Waals surface area contributed by atoms with Gasteiger partial charge in [0, 0.05) is 5.56 Å². The van der Waals surface area contributed by atoms with Crippen LogP contribution in [0.5, 0.6) is 0 Å². The van der Waals surface area contributed by atoms with Gasteiger partial charge in [-0.1, -0.05) is 41.7 Å². The summed E-state index contributed by atoms with van der Waals surface area (Å²) in [6.45, 7) is 2.03. The number of benzene rings is 2. The number of nitrogens with zero attached hydrogens (tertiary/aromatic N) is 1. The van der Waals surface area contributed by atoms with E-state index in [0.717, 1.165) is 11.1 Å². The Labute approximate surface area is 106 Å². The van der Waals surface area contributed by atoms with E-state index in [1.165, 1.54) is 11.6 Å². The summed E-state index contributed by atoms with van der Waals surface area (Å²) in [5, 5.41) is 0. The summed E-state index contributed by atoms with van der Waals surface area (Å²) in [6.07, 6.45) is 1.54. The van der Waals surface area contributed by atoms with E-state index >= 15 is 0 Å². The van der Waals surface area contributed by atoms with Crippen molar-refractivity contribution in [2.24, 2.45) is 4.99 Å². The number of rotatable bonds is 1. The van der Waals surface area contributed by atoms with Gasteiger partial charge in [0.05, 0.1) is 11.3 Å². The Kier molecular flexibility index (Phi) is 3.71. The van der Waals surface area contributed by atoms with E-state index in [1.807, 2.05) is 49.4 Å². The Morgan fingerprint density at radius 2 is 1.67 bits per heavy atom. The quantitative estimate of drug-likeness (QED) is 0.422. The van der Waals surface area contributed by atoms with Crippen molar-refractivity contribution in [1.29, 1.82) is 0 Å². The minimum absolute atomic E-state index is 0.548. The third-order valence-electron chi connectivity index (χ3n) is 2.46. The smallest absolute Gasteiger partial charge is 0.211 e. The van der Waals surface area contributed by atoms with E-state index in [2.05, 4.69) is 16.8 Å². The number of para-hydroxylation sites is 1. The molecule has 0 radical (unpaired) electrons. The second-order valence-electron chi connectivity index (χ2n) is 3.84. The molecule has 0 aliphatic heterocycles. The molecule has 0 spiro atoms. The molecule has 0 amide bonds. The Morgan fingerprint density at radius 1 is 0.944 bits per heavy atom. The molecule has 2 heteroatoms. The average molecular weight is 233 g/mol. The van der Waals surface area contributed by atoms with E-state index in [1.54, 1.807) is 6.07 Å². The summed E-state index contributed by atoms with van der Waals surface area (Å²) in [4.78, 5) is 13.9. The highest BCUT2D eigenvalue weighted by Gasteiger charge is 1.95. The van der Waals surface area contributed by atoms with Gasteiger partial charge in [-0.3, -0.25) is 0 Å². The van der Waals surface area contributed by atoms with Gasteiger partial charge in [-0.25, -0.2) is 4.79 Å². The molecule has 0 saturated carbocycles. The third-order valence-corrected chi connectivity index (χ3v) is 2.46. The lowest BCUT2D eigenvalue weighted by atomic mass is 10.1. The minimum Gasteiger partial charge on any atom is -0.211 e. The SMILES string of the molecule is Cc1ccc(C#Cc2ccccc2N=C=O)cc1. The highest BCUT2D eigenvalue weighted by Crippen LogP contribution is 2.16. The normalized spacial score (nSPS) is 8.94. The van der Waals surface area contributed by atoms with Crippen molar-refractivity contribution in [3.63, 3.8) is 0 Å². The van der Waals surface area contributed by atoms with Crippen LogP contribution in [-0.4, -0.2) is 6.08 Å². The van der Waals surface area contributed by atoms with Crippen LogP contribution in [0.4, 0.5) is 5.69 Å². The van der Waals surface area contributed by atoms with Crippen LogP contribution in [0.25, 0.3) is 0 Å². The molecule has 0 atom stereocenters. The maximum atomic E-state index is 10.3. The standard InChI is InChI=1S/C16H11NO/c1-13-6-8-14(9-7-13)10-11-15-4-2-3-5-16(15)17-12-18/h2-9H,1H3. The van der Waals surface area contributed by atoms with Gasteiger partial charge in [0.15, 0.2) is 0 Å². The third kappa shape index (κ3) is 2.95. The molecule has 0 heterocycles. The molecule has 2 nitrogen and oxygen atoms in total. The fourth-order valence-corrected chi connectivity index (χ4v) is 1.50. The molecule has 0 aliphatic carbocycles. The molecule has 0 unspecified atom stereocenters. The fraction of sp³-hybridized carbons (Fsp3) is 0.0625. The first-order chi connectivity index (χ1) is 8.79. The minimum atomic E-state index is 0.548. The monoisotopic (exact) mass is 233 g/mol. The molecule has 0 N–H and O–H groups in total. The van der Waals surface area contributed by atoms with Crippen molar-refractivity contribution < 1.29 is 4.79 Å². The van der Waals surface area contributed by atoms with Gasteiger partial charge < -0.3 is 0 Å². The Morgan fingerprint density at radius 3 is 2.39 bits per heavy atom. The summed E-state index contributed by atoms with van der Waals surface area (Å²) in [5.74, 6) is 6.06. The zero-order valence-corrected chi connectivity index (χ0v) is 9.97. The maximum Gasteiger partial charge on any atom is 0.240 e. The first kappa shape index (κ1) is 11.9. The molecule has 0 bridgehead atoms. The number of carbonyl (C=O) groups excluding carboxylic acids is 1. The summed E-state index contributed by atoms with van der Waals surface area (Å²) < 4.78 is 0. The van der Waals surface area contributed by atoms with E-state index in [9.17, 15) is 4.79 Å². The van der Waals surface area contributed by atoms with Crippen molar-refractivity contribution >= 4 is 11.8 Å². The van der Waals surface area contributed by atoms with E-state index in [0.29, 0.717) is 5.69 Å². The van der Waals surface area contributed by atoms with E-state index in [-0.39, 0.29) is 0 Å². The number of hydrogen-bond donors (Lipinski definition) is 0. The van der Waals surface area contributed by atoms with Crippen molar-refractivity contribution in [2.75, 3.05) is 0 Å². The molecular formula is C16H11NO. The predicted molar refractivity (Wildman–Crippen MR) is 71.4 cm³/mol. The van der Waals surface area contributed by atoms with Crippen LogP contribution in [0.15, 0.2) is 53.5 Å². The summed E-state index contributed by atoms with van der Waals surface area (Å²) in [6, 6.07) is 15.2. The van der Waals surface area contributed by atoms with Crippen LogP contribution >= 0.6 is 0 Å². The van der Waals surface area contributed by atoms with Crippen LogP contribution in [0.1, 0.15) is 16.7 Å². The maximum absolute atomic E-state index is 10.3. The zero-order valence-electron chi connectivity index (χ0n) is 9.97. The van der Waals surface area contributed by atoms with Crippen LogP contribution in [-0.2, 0) is 4.79 Å². The fourth-order valence-electron chi connectivity index (χ4n) is 1.50. The molecule has 0 aliphatic rings. The predicted octanol–water partition coefficient (Wildman–Crippen LogP) is 3.36. The van der Waals surface area contributed by atoms with Crippen LogP contribution in [0.2, 0.25) is 0 Å². The van der Waals surface area contributed by atoms with Crippen molar-refractivity contribution in [2.45, 2.75) is 6.92 Å². The summed E-state index contributed by atoms with van der Waals surface area (Å²) >= 11 is 0. The number of hydrogen-bond acceptors (Lipinski definition) is 2. The van der Waals surface area contributed by atoms with Crippen LogP contribution in [0, 0.1) is 18.8 Å². The lowest BCUT2D eigenvalue weighted by Gasteiger charge is -1.95. The van der Waals surface area contributed by atoms with Gasteiger partial charge in [0.2, 0.25) is 6.08 Å². The second kappa shape index (κ2) is 5.63. The van der Waals surface area contributed by atoms with Gasteiger partial charge in [-0.05, 0) is 31.2 Å². The lowest BCUT2D eigenvalue weighted by molar-refractivity contribution is 0.565. The van der Waals surface area contributed by atoms with E-state index in [4.69, 9.17) is 0 Å². The summed E-state index contributed by atoms with van der Waals surface area (Å²) in [5.41, 5.74) is 3.41. The first-order valence-corrected chi connectivity index (χ1v) is 5.55. The first-order valence-electron chi connectivity index (χ1n) is 5.55. The Bertz CT molecular complexity index is 653. The molecule has 18 heavy (non-hydrogen) atoms. The molecule has 2 aromatic rings. The van der Waals surface area contributed by atoms with Crippen molar-refractivity contribution in [1.82, 2.24) is 0 Å². The summed E-state index contributed by atoms with van der Waals surface area (Å²) in [7, 11) is 0. The lowest BCUT2D eigenvalue weighted by Crippen LogP contribution is -1.78. The highest BCUT2D eigenvalue weighted by molar-refractivity contribution is 5.60. The van der Waals surface area contributed by atoms with Gasteiger partial charge >= 0.3 is 0 Å². The Balaban J connectivity index is 2.35. The molecule has 0 fully saturated rings.